The van der Waals surface area contributed by atoms with Crippen LogP contribution >= 0.6 is 11.3 Å². The molecule has 0 aliphatic carbocycles. The summed E-state index contributed by atoms with van der Waals surface area (Å²) < 4.78 is 17.3. The molecular weight excluding hydrogens is 255 g/mol. The van der Waals surface area contributed by atoms with Crippen molar-refractivity contribution in [2.75, 3.05) is 12.4 Å². The Hall–Kier alpha value is -1.95. The fraction of sp³-hybridized carbons (Fsp3) is 0.167. The highest BCUT2D eigenvalue weighted by Crippen LogP contribution is 2.17. The first kappa shape index (κ1) is 12.5. The summed E-state index contributed by atoms with van der Waals surface area (Å²) in [7, 11) is 1.31. The third kappa shape index (κ3) is 3.04. The van der Waals surface area contributed by atoms with Crippen LogP contribution in [0.15, 0.2) is 29.6 Å². The minimum Gasteiger partial charge on any atom is -0.464 e. The molecule has 1 aromatic heterocycles. The molecule has 0 aliphatic heterocycles. The Morgan fingerprint density at radius 2 is 2.17 bits per heavy atom. The smallest absolute Gasteiger partial charge is 0.357 e. The molecule has 0 radical (unpaired) electrons. The van der Waals surface area contributed by atoms with Crippen molar-refractivity contribution >= 4 is 22.4 Å². The number of hydrogen-bond donors (Lipinski definition) is 1. The fourth-order valence-electron chi connectivity index (χ4n) is 1.33. The van der Waals surface area contributed by atoms with Crippen molar-refractivity contribution in [2.24, 2.45) is 0 Å². The number of halogens is 1. The molecule has 0 atom stereocenters. The maximum absolute atomic E-state index is 12.7. The van der Waals surface area contributed by atoms with Gasteiger partial charge >= 0.3 is 5.97 Å². The predicted molar refractivity (Wildman–Crippen MR) is 67.2 cm³/mol. The number of ether oxygens (including phenoxy) is 1. The van der Waals surface area contributed by atoms with Crippen LogP contribution in [0.5, 0.6) is 0 Å². The van der Waals surface area contributed by atoms with Gasteiger partial charge in [0.25, 0.3) is 0 Å². The number of hydrogen-bond acceptors (Lipinski definition) is 5. The van der Waals surface area contributed by atoms with Crippen molar-refractivity contribution in [3.8, 4) is 0 Å². The van der Waals surface area contributed by atoms with Crippen molar-refractivity contribution in [1.29, 1.82) is 0 Å². The summed E-state index contributed by atoms with van der Waals surface area (Å²) in [6.45, 7) is 0.522. The van der Waals surface area contributed by atoms with E-state index in [-0.39, 0.29) is 11.5 Å². The standard InChI is InChI=1S/C12H11FN2O2S/c1-17-11(16)10-7-18-12(15-10)14-6-8-2-4-9(13)5-3-8/h2-5,7H,6H2,1H3,(H,14,15). The molecule has 1 aromatic carbocycles. The van der Waals surface area contributed by atoms with E-state index in [0.29, 0.717) is 11.7 Å². The maximum Gasteiger partial charge on any atom is 0.357 e. The van der Waals surface area contributed by atoms with Crippen molar-refractivity contribution in [1.82, 2.24) is 4.98 Å². The van der Waals surface area contributed by atoms with Gasteiger partial charge in [-0.3, -0.25) is 0 Å². The minimum atomic E-state index is -0.457. The molecule has 18 heavy (non-hydrogen) atoms. The number of esters is 1. The van der Waals surface area contributed by atoms with Gasteiger partial charge in [-0.05, 0) is 17.7 Å². The number of carbonyl (C=O) groups is 1. The zero-order chi connectivity index (χ0) is 13.0. The number of aromatic nitrogens is 1. The molecule has 0 amide bonds. The summed E-state index contributed by atoms with van der Waals surface area (Å²) in [4.78, 5) is 15.3. The van der Waals surface area contributed by atoms with E-state index in [0.717, 1.165) is 5.56 Å². The van der Waals surface area contributed by atoms with Crippen LogP contribution in [0.3, 0.4) is 0 Å². The molecule has 0 aliphatic rings. The Balaban J connectivity index is 1.96. The van der Waals surface area contributed by atoms with Crippen LogP contribution < -0.4 is 5.32 Å². The van der Waals surface area contributed by atoms with E-state index in [1.807, 2.05) is 0 Å². The number of nitrogens with one attached hydrogen (secondary N) is 1. The minimum absolute atomic E-state index is 0.263. The zero-order valence-electron chi connectivity index (χ0n) is 9.64. The van der Waals surface area contributed by atoms with E-state index in [9.17, 15) is 9.18 Å². The Kier molecular flexibility index (Phi) is 3.88. The van der Waals surface area contributed by atoms with E-state index in [2.05, 4.69) is 15.0 Å². The maximum atomic E-state index is 12.7. The van der Waals surface area contributed by atoms with Crippen LogP contribution in [-0.2, 0) is 11.3 Å². The van der Waals surface area contributed by atoms with E-state index in [1.54, 1.807) is 17.5 Å². The summed E-state index contributed by atoms with van der Waals surface area (Å²) in [6, 6.07) is 6.19. The van der Waals surface area contributed by atoms with Crippen LogP contribution in [0.1, 0.15) is 16.1 Å². The molecule has 0 unspecified atom stereocenters. The molecular formula is C12H11FN2O2S. The van der Waals surface area contributed by atoms with Crippen LogP contribution in [0.4, 0.5) is 9.52 Å². The van der Waals surface area contributed by atoms with Gasteiger partial charge in [0, 0.05) is 11.9 Å². The third-order valence-corrected chi connectivity index (χ3v) is 3.06. The van der Waals surface area contributed by atoms with Gasteiger partial charge in [0.1, 0.15) is 5.82 Å². The van der Waals surface area contributed by atoms with E-state index < -0.39 is 5.97 Å². The molecule has 0 saturated heterocycles. The van der Waals surface area contributed by atoms with E-state index in [4.69, 9.17) is 0 Å². The number of benzene rings is 1. The highest BCUT2D eigenvalue weighted by molar-refractivity contribution is 7.13. The van der Waals surface area contributed by atoms with E-state index >= 15 is 0 Å². The number of nitrogens with zero attached hydrogens (tertiary/aromatic N) is 1. The second-order valence-electron chi connectivity index (χ2n) is 3.51. The molecule has 0 saturated carbocycles. The second kappa shape index (κ2) is 5.59. The van der Waals surface area contributed by atoms with Gasteiger partial charge in [-0.2, -0.15) is 0 Å². The topological polar surface area (TPSA) is 51.2 Å². The Morgan fingerprint density at radius 3 is 2.83 bits per heavy atom. The van der Waals surface area contributed by atoms with Crippen molar-refractivity contribution < 1.29 is 13.9 Å². The third-order valence-electron chi connectivity index (χ3n) is 2.26. The quantitative estimate of drug-likeness (QED) is 0.864. The largest absolute Gasteiger partial charge is 0.464 e. The van der Waals surface area contributed by atoms with Crippen LogP contribution in [0, 0.1) is 5.82 Å². The van der Waals surface area contributed by atoms with Gasteiger partial charge in [0.15, 0.2) is 10.8 Å². The number of rotatable bonds is 4. The average Bonchev–Trinajstić information content (AvgIpc) is 2.86. The lowest BCUT2D eigenvalue weighted by Crippen LogP contribution is -2.03. The van der Waals surface area contributed by atoms with Gasteiger partial charge in [-0.15, -0.1) is 11.3 Å². The first-order valence-electron chi connectivity index (χ1n) is 5.21. The molecule has 0 fully saturated rings. The summed E-state index contributed by atoms with van der Waals surface area (Å²) >= 11 is 1.32. The number of anilines is 1. The van der Waals surface area contributed by atoms with Crippen LogP contribution in [-0.4, -0.2) is 18.1 Å². The number of carbonyl (C=O) groups excluding carboxylic acids is 1. The molecule has 0 spiro atoms. The fourth-order valence-corrected chi connectivity index (χ4v) is 2.01. The average molecular weight is 266 g/mol. The normalized spacial score (nSPS) is 10.1. The lowest BCUT2D eigenvalue weighted by atomic mass is 10.2. The molecule has 2 rings (SSSR count). The molecule has 94 valence electrons. The van der Waals surface area contributed by atoms with Crippen molar-refractivity contribution in [3.05, 3.63) is 46.7 Å². The van der Waals surface area contributed by atoms with Crippen LogP contribution in [0.25, 0.3) is 0 Å². The monoisotopic (exact) mass is 266 g/mol. The van der Waals surface area contributed by atoms with Crippen LogP contribution in [0.2, 0.25) is 0 Å². The van der Waals surface area contributed by atoms with E-state index in [1.165, 1.54) is 30.6 Å². The van der Waals surface area contributed by atoms with Gasteiger partial charge in [0.05, 0.1) is 7.11 Å². The molecule has 1 heterocycles. The van der Waals surface area contributed by atoms with Gasteiger partial charge < -0.3 is 10.1 Å². The highest BCUT2D eigenvalue weighted by Gasteiger charge is 2.10. The Morgan fingerprint density at radius 1 is 1.44 bits per heavy atom. The van der Waals surface area contributed by atoms with Crippen molar-refractivity contribution in [3.63, 3.8) is 0 Å². The van der Waals surface area contributed by atoms with Gasteiger partial charge in [-0.25, -0.2) is 14.2 Å². The molecule has 4 nitrogen and oxygen atoms in total. The first-order valence-corrected chi connectivity index (χ1v) is 6.09. The zero-order valence-corrected chi connectivity index (χ0v) is 10.5. The first-order chi connectivity index (χ1) is 8.69. The SMILES string of the molecule is COC(=O)c1csc(NCc2ccc(F)cc2)n1. The molecule has 0 bridgehead atoms. The summed E-state index contributed by atoms with van der Waals surface area (Å²) in [6.07, 6.45) is 0. The summed E-state index contributed by atoms with van der Waals surface area (Å²) in [5, 5.41) is 5.31. The Bertz CT molecular complexity index is 539. The molecule has 6 heteroatoms. The number of thiazole rings is 1. The molecule has 2 aromatic rings. The summed E-state index contributed by atoms with van der Waals surface area (Å²) in [5.41, 5.74) is 1.22. The second-order valence-corrected chi connectivity index (χ2v) is 4.37. The van der Waals surface area contributed by atoms with Gasteiger partial charge in [-0.1, -0.05) is 12.1 Å². The number of methoxy groups -OCH3 is 1. The van der Waals surface area contributed by atoms with Gasteiger partial charge in [0.2, 0.25) is 0 Å². The predicted octanol–water partition coefficient (Wildman–Crippen LogP) is 2.68. The highest BCUT2D eigenvalue weighted by atomic mass is 32.1. The lowest BCUT2D eigenvalue weighted by molar-refractivity contribution is 0.0595. The lowest BCUT2D eigenvalue weighted by Gasteiger charge is -2.02. The Labute approximate surface area is 107 Å². The van der Waals surface area contributed by atoms with Crippen molar-refractivity contribution in [2.45, 2.75) is 6.54 Å². The molecule has 1 N–H and O–H groups in total. The summed E-state index contributed by atoms with van der Waals surface area (Å²) in [5.74, 6) is -0.720.